The number of carbonyl (C=O) groups is 1. The van der Waals surface area contributed by atoms with Crippen LogP contribution in [0.15, 0.2) is 12.1 Å². The molecule has 0 unspecified atom stereocenters. The van der Waals surface area contributed by atoms with Gasteiger partial charge in [-0.1, -0.05) is 11.6 Å². The minimum Gasteiger partial charge on any atom is -0.490 e. The first-order valence-corrected chi connectivity index (χ1v) is 8.55. The van der Waals surface area contributed by atoms with Crippen LogP contribution in [0.3, 0.4) is 0 Å². The predicted molar refractivity (Wildman–Crippen MR) is 90.5 cm³/mol. The predicted octanol–water partition coefficient (Wildman–Crippen LogP) is 2.87. The molecule has 3 rings (SSSR count). The summed E-state index contributed by atoms with van der Waals surface area (Å²) in [6.07, 6.45) is 4.16. The summed E-state index contributed by atoms with van der Waals surface area (Å²) < 4.78 is 11.2. The number of anilines is 1. The van der Waals surface area contributed by atoms with Crippen LogP contribution in [-0.4, -0.2) is 31.2 Å². The topological polar surface area (TPSA) is 83.4 Å². The highest BCUT2D eigenvalue weighted by Gasteiger charge is 2.35. The van der Waals surface area contributed by atoms with Gasteiger partial charge in [0.05, 0.1) is 36.5 Å². The zero-order chi connectivity index (χ0) is 17.0. The van der Waals surface area contributed by atoms with Crippen molar-refractivity contribution in [1.29, 1.82) is 5.26 Å². The van der Waals surface area contributed by atoms with Crippen molar-refractivity contribution in [1.82, 2.24) is 5.32 Å². The fourth-order valence-corrected chi connectivity index (χ4v) is 3.27. The molecule has 128 valence electrons. The van der Waals surface area contributed by atoms with Gasteiger partial charge in [-0.2, -0.15) is 5.26 Å². The fraction of sp³-hybridized carbons (Fsp3) is 0.529. The van der Waals surface area contributed by atoms with Gasteiger partial charge in [0, 0.05) is 18.6 Å². The molecule has 0 spiro atoms. The summed E-state index contributed by atoms with van der Waals surface area (Å²) in [7, 11) is 0. The Hall–Kier alpha value is -2.13. The van der Waals surface area contributed by atoms with E-state index in [0.717, 1.165) is 19.3 Å². The number of fused-ring (bicyclic) bond motifs is 1. The summed E-state index contributed by atoms with van der Waals surface area (Å²) in [5, 5.41) is 15.6. The van der Waals surface area contributed by atoms with Crippen LogP contribution in [-0.2, 0) is 4.79 Å². The van der Waals surface area contributed by atoms with E-state index in [-0.39, 0.29) is 12.5 Å². The second kappa shape index (κ2) is 7.18. The first-order chi connectivity index (χ1) is 11.6. The Kier molecular flexibility index (Phi) is 5.00. The highest BCUT2D eigenvalue weighted by molar-refractivity contribution is 6.33. The molecule has 1 aliphatic carbocycles. The molecule has 1 heterocycles. The Morgan fingerprint density at radius 2 is 1.88 bits per heavy atom. The van der Waals surface area contributed by atoms with Gasteiger partial charge in [0.1, 0.15) is 5.54 Å². The van der Waals surface area contributed by atoms with E-state index in [9.17, 15) is 10.1 Å². The number of rotatable bonds is 4. The maximum absolute atomic E-state index is 12.2. The molecule has 1 aliphatic heterocycles. The van der Waals surface area contributed by atoms with Crippen LogP contribution in [0.4, 0.5) is 5.69 Å². The molecule has 24 heavy (non-hydrogen) atoms. The maximum Gasteiger partial charge on any atom is 0.240 e. The molecule has 0 atom stereocenters. The molecule has 7 heteroatoms. The van der Waals surface area contributed by atoms with Crippen LogP contribution in [0.2, 0.25) is 5.02 Å². The third kappa shape index (κ3) is 3.68. The Morgan fingerprint density at radius 3 is 2.54 bits per heavy atom. The molecule has 1 saturated carbocycles. The largest absolute Gasteiger partial charge is 0.490 e. The maximum atomic E-state index is 12.2. The van der Waals surface area contributed by atoms with Crippen LogP contribution in [0.5, 0.6) is 11.5 Å². The number of benzene rings is 1. The average molecular weight is 350 g/mol. The minimum absolute atomic E-state index is 0.0444. The van der Waals surface area contributed by atoms with Gasteiger partial charge in [0.15, 0.2) is 11.5 Å². The Bertz CT molecular complexity index is 666. The SMILES string of the molecule is N#CC1(NC(=O)CNc2cc3c(cc2Cl)OCCCO3)CCCC1. The standard InChI is InChI=1S/C17H20ClN3O3/c18-12-8-14-15(24-7-3-6-23-14)9-13(12)20-10-16(22)21-17(11-19)4-1-2-5-17/h8-9,20H,1-7,10H2,(H,21,22). The van der Waals surface area contributed by atoms with Gasteiger partial charge in [0.25, 0.3) is 0 Å². The number of nitrogens with one attached hydrogen (secondary N) is 2. The molecule has 6 nitrogen and oxygen atoms in total. The third-order valence-corrected chi connectivity index (χ3v) is 4.64. The van der Waals surface area contributed by atoms with E-state index in [0.29, 0.717) is 48.3 Å². The van der Waals surface area contributed by atoms with Crippen molar-refractivity contribution in [2.75, 3.05) is 25.1 Å². The summed E-state index contributed by atoms with van der Waals surface area (Å²) in [6.45, 7) is 1.22. The van der Waals surface area contributed by atoms with Gasteiger partial charge in [-0.25, -0.2) is 0 Å². The number of amides is 1. The van der Waals surface area contributed by atoms with Gasteiger partial charge in [-0.3, -0.25) is 4.79 Å². The number of halogens is 1. The highest BCUT2D eigenvalue weighted by Crippen LogP contribution is 2.37. The van der Waals surface area contributed by atoms with Crippen molar-refractivity contribution in [2.45, 2.75) is 37.6 Å². The molecule has 2 aliphatic rings. The van der Waals surface area contributed by atoms with Crippen molar-refractivity contribution in [2.24, 2.45) is 0 Å². The van der Waals surface area contributed by atoms with Crippen LogP contribution in [0.25, 0.3) is 0 Å². The van der Waals surface area contributed by atoms with E-state index in [1.54, 1.807) is 12.1 Å². The molecule has 1 amide bonds. The smallest absolute Gasteiger partial charge is 0.240 e. The second-order valence-corrected chi connectivity index (χ2v) is 6.54. The molecule has 2 N–H and O–H groups in total. The number of hydrogen-bond donors (Lipinski definition) is 2. The summed E-state index contributed by atoms with van der Waals surface area (Å²) in [6, 6.07) is 5.68. The highest BCUT2D eigenvalue weighted by atomic mass is 35.5. The fourth-order valence-electron chi connectivity index (χ4n) is 3.05. The molecular weight excluding hydrogens is 330 g/mol. The lowest BCUT2D eigenvalue weighted by Gasteiger charge is -2.22. The Balaban J connectivity index is 1.63. The first-order valence-electron chi connectivity index (χ1n) is 8.17. The van der Waals surface area contributed by atoms with Crippen LogP contribution < -0.4 is 20.1 Å². The van der Waals surface area contributed by atoms with Crippen molar-refractivity contribution in [3.05, 3.63) is 17.2 Å². The summed E-state index contributed by atoms with van der Waals surface area (Å²) in [5.74, 6) is 1.01. The monoisotopic (exact) mass is 349 g/mol. The normalized spacial score (nSPS) is 18.3. The molecular formula is C17H20ClN3O3. The number of ether oxygens (including phenoxy) is 2. The van der Waals surface area contributed by atoms with Crippen LogP contribution in [0.1, 0.15) is 32.1 Å². The van der Waals surface area contributed by atoms with Gasteiger partial charge in [0.2, 0.25) is 5.91 Å². The van der Waals surface area contributed by atoms with E-state index < -0.39 is 5.54 Å². The minimum atomic E-state index is -0.715. The molecule has 0 radical (unpaired) electrons. The number of nitrogens with zero attached hydrogens (tertiary/aromatic N) is 1. The quantitative estimate of drug-likeness (QED) is 0.873. The zero-order valence-electron chi connectivity index (χ0n) is 13.4. The molecule has 1 aromatic rings. The molecule has 0 bridgehead atoms. The zero-order valence-corrected chi connectivity index (χ0v) is 14.1. The molecule has 0 saturated heterocycles. The van der Waals surface area contributed by atoms with Gasteiger partial charge >= 0.3 is 0 Å². The van der Waals surface area contributed by atoms with Crippen molar-refractivity contribution >= 4 is 23.2 Å². The molecule has 1 fully saturated rings. The lowest BCUT2D eigenvalue weighted by Crippen LogP contribution is -2.47. The lowest BCUT2D eigenvalue weighted by atomic mass is 10.00. The summed E-state index contributed by atoms with van der Waals surface area (Å²) >= 11 is 6.24. The van der Waals surface area contributed by atoms with E-state index in [1.165, 1.54) is 0 Å². The van der Waals surface area contributed by atoms with Gasteiger partial charge in [-0.15, -0.1) is 0 Å². The lowest BCUT2D eigenvalue weighted by molar-refractivity contribution is -0.120. The average Bonchev–Trinajstić information content (AvgIpc) is 2.92. The van der Waals surface area contributed by atoms with E-state index >= 15 is 0 Å². The molecule has 1 aromatic carbocycles. The van der Waals surface area contributed by atoms with Crippen molar-refractivity contribution in [3.63, 3.8) is 0 Å². The summed E-state index contributed by atoms with van der Waals surface area (Å²) in [4.78, 5) is 12.2. The first kappa shape index (κ1) is 16.7. The van der Waals surface area contributed by atoms with E-state index in [1.807, 2.05) is 0 Å². The van der Waals surface area contributed by atoms with Crippen LogP contribution >= 0.6 is 11.6 Å². The Morgan fingerprint density at radius 1 is 1.21 bits per heavy atom. The summed E-state index contributed by atoms with van der Waals surface area (Å²) in [5.41, 5.74) is -0.110. The number of hydrogen-bond acceptors (Lipinski definition) is 5. The van der Waals surface area contributed by atoms with E-state index in [4.69, 9.17) is 21.1 Å². The van der Waals surface area contributed by atoms with Gasteiger partial charge < -0.3 is 20.1 Å². The second-order valence-electron chi connectivity index (χ2n) is 6.13. The van der Waals surface area contributed by atoms with Crippen molar-refractivity contribution < 1.29 is 14.3 Å². The third-order valence-electron chi connectivity index (χ3n) is 4.33. The van der Waals surface area contributed by atoms with E-state index in [2.05, 4.69) is 16.7 Å². The Labute approximate surface area is 146 Å². The number of carbonyl (C=O) groups excluding carboxylic acids is 1. The van der Waals surface area contributed by atoms with Crippen LogP contribution in [0, 0.1) is 11.3 Å². The number of nitriles is 1. The van der Waals surface area contributed by atoms with Crippen molar-refractivity contribution in [3.8, 4) is 17.6 Å². The van der Waals surface area contributed by atoms with Gasteiger partial charge in [-0.05, 0) is 25.7 Å². The molecule has 0 aromatic heterocycles.